The molecule has 3 nitrogen and oxygen atoms in total. The molecule has 0 N–H and O–H groups in total. The van der Waals surface area contributed by atoms with Gasteiger partial charge in [-0.3, -0.25) is 0 Å². The van der Waals surface area contributed by atoms with Gasteiger partial charge in [-0.25, -0.2) is 3.63 Å². The third kappa shape index (κ3) is 5.87. The van der Waals surface area contributed by atoms with Crippen molar-refractivity contribution in [3.63, 3.8) is 0 Å². The van der Waals surface area contributed by atoms with Gasteiger partial charge in [0.15, 0.2) is 0 Å². The monoisotopic (exact) mass is 670 g/mol. The SMILES string of the molecule is O=S(=O)(OS(c1ccccc1)(c1ccccc1)c1ccc(Sc2ccccc2)cc1)C(F)(F)C(F)(F)C(F)(F)C(F)(F)F. The van der Waals surface area contributed by atoms with Crippen molar-refractivity contribution in [1.82, 2.24) is 0 Å². The fourth-order valence-electron chi connectivity index (χ4n) is 3.77. The Morgan fingerprint density at radius 3 is 1.28 bits per heavy atom. The molecule has 4 aromatic carbocycles. The summed E-state index contributed by atoms with van der Waals surface area (Å²) >= 11 is 1.27. The molecule has 0 unspecified atom stereocenters. The van der Waals surface area contributed by atoms with Crippen LogP contribution in [0.5, 0.6) is 0 Å². The highest BCUT2D eigenvalue weighted by Gasteiger charge is 2.86. The molecule has 0 bridgehead atoms. The highest BCUT2D eigenvalue weighted by molar-refractivity contribution is 8.33. The Hall–Kier alpha value is -3.14. The summed E-state index contributed by atoms with van der Waals surface area (Å²) in [7, 11) is -11.3. The first kappa shape index (κ1) is 32.8. The van der Waals surface area contributed by atoms with Crippen molar-refractivity contribution in [1.29, 1.82) is 0 Å². The number of benzene rings is 4. The highest BCUT2D eigenvalue weighted by Crippen LogP contribution is 2.71. The minimum absolute atomic E-state index is 0.157. The van der Waals surface area contributed by atoms with Gasteiger partial charge in [0.05, 0.1) is 0 Å². The predicted octanol–water partition coefficient (Wildman–Crippen LogP) is 9.81. The lowest BCUT2D eigenvalue weighted by molar-refractivity contribution is -0.382. The zero-order chi connectivity index (χ0) is 31.7. The fourth-order valence-corrected chi connectivity index (χ4v) is 9.83. The van der Waals surface area contributed by atoms with Crippen molar-refractivity contribution in [2.24, 2.45) is 0 Å². The second kappa shape index (κ2) is 11.7. The maximum absolute atomic E-state index is 15.0. The molecule has 4 rings (SSSR count). The summed E-state index contributed by atoms with van der Waals surface area (Å²) in [4.78, 5) is 0.901. The van der Waals surface area contributed by atoms with Gasteiger partial charge in [-0.15, -0.1) is 0 Å². The summed E-state index contributed by atoms with van der Waals surface area (Å²) < 4.78 is 155. The smallest absolute Gasteiger partial charge is 0.202 e. The maximum atomic E-state index is 15.0. The van der Waals surface area contributed by atoms with E-state index in [-0.39, 0.29) is 14.7 Å². The number of hydrogen-bond acceptors (Lipinski definition) is 4. The van der Waals surface area contributed by atoms with Gasteiger partial charge in [-0.05, 0) is 71.0 Å². The molecule has 0 aliphatic heterocycles. The summed E-state index contributed by atoms with van der Waals surface area (Å²) in [6, 6.07) is 27.6. The number of hydrogen-bond donors (Lipinski definition) is 0. The highest BCUT2D eigenvalue weighted by atomic mass is 32.3. The topological polar surface area (TPSA) is 43.4 Å². The largest absolute Gasteiger partial charge is 0.460 e. The van der Waals surface area contributed by atoms with E-state index in [1.54, 1.807) is 30.3 Å². The van der Waals surface area contributed by atoms with E-state index in [1.807, 2.05) is 0 Å². The van der Waals surface area contributed by atoms with Gasteiger partial charge >= 0.3 is 33.4 Å². The van der Waals surface area contributed by atoms with E-state index in [4.69, 9.17) is 3.63 Å². The van der Waals surface area contributed by atoms with Crippen molar-refractivity contribution in [2.45, 2.75) is 47.8 Å². The van der Waals surface area contributed by atoms with E-state index in [1.165, 1.54) is 96.7 Å². The minimum atomic E-state index is -7.45. The maximum Gasteiger partial charge on any atom is 0.460 e. The average molecular weight is 671 g/mol. The van der Waals surface area contributed by atoms with E-state index < -0.39 is 43.7 Å². The summed E-state index contributed by atoms with van der Waals surface area (Å²) in [5.74, 6) is -14.9. The molecule has 15 heteroatoms. The van der Waals surface area contributed by atoms with Gasteiger partial charge in [-0.2, -0.15) is 47.9 Å². The van der Waals surface area contributed by atoms with Gasteiger partial charge in [-0.1, -0.05) is 66.4 Å². The zero-order valence-corrected chi connectivity index (χ0v) is 23.8. The second-order valence-electron chi connectivity index (χ2n) is 8.75. The number of alkyl halides is 9. The first-order valence-electron chi connectivity index (χ1n) is 11.9. The molecule has 0 aliphatic rings. The zero-order valence-electron chi connectivity index (χ0n) is 21.3. The van der Waals surface area contributed by atoms with E-state index in [2.05, 4.69) is 0 Å². The lowest BCUT2D eigenvalue weighted by atomic mass is 10.1. The molecule has 4 aromatic rings. The molecule has 0 heterocycles. The minimum Gasteiger partial charge on any atom is -0.202 e. The molecule has 230 valence electrons. The molecule has 0 aromatic heterocycles. The van der Waals surface area contributed by atoms with Gasteiger partial charge in [0, 0.05) is 24.5 Å². The molecule has 0 aliphatic carbocycles. The van der Waals surface area contributed by atoms with Crippen molar-refractivity contribution in [2.75, 3.05) is 0 Å². The summed E-state index contributed by atoms with van der Waals surface area (Å²) in [6.45, 7) is 0. The van der Waals surface area contributed by atoms with Crippen LogP contribution < -0.4 is 0 Å². The molecule has 0 fully saturated rings. The molecular weight excluding hydrogens is 651 g/mol. The van der Waals surface area contributed by atoms with Crippen molar-refractivity contribution in [3.8, 4) is 0 Å². The van der Waals surface area contributed by atoms with Gasteiger partial charge in [0.25, 0.3) is 0 Å². The lowest BCUT2D eigenvalue weighted by Gasteiger charge is -2.41. The van der Waals surface area contributed by atoms with Crippen LogP contribution in [0.15, 0.2) is 140 Å². The first-order chi connectivity index (χ1) is 20.0. The van der Waals surface area contributed by atoms with Crippen LogP contribution in [0.2, 0.25) is 0 Å². The van der Waals surface area contributed by atoms with E-state index in [9.17, 15) is 47.9 Å². The molecule has 43 heavy (non-hydrogen) atoms. The van der Waals surface area contributed by atoms with E-state index in [0.29, 0.717) is 4.90 Å². The van der Waals surface area contributed by atoms with Crippen molar-refractivity contribution < 1.29 is 51.6 Å². The fraction of sp³-hybridized carbons (Fsp3) is 0.143. The Bertz CT molecular complexity index is 1590. The van der Waals surface area contributed by atoms with Gasteiger partial charge in [0.1, 0.15) is 0 Å². The first-order valence-corrected chi connectivity index (χ1v) is 15.7. The summed E-state index contributed by atoms with van der Waals surface area (Å²) in [5.41, 5.74) is 0. The van der Waals surface area contributed by atoms with Crippen LogP contribution in [0, 0.1) is 0 Å². The molecule has 0 saturated carbocycles. The third-order valence-electron chi connectivity index (χ3n) is 5.91. The third-order valence-corrected chi connectivity index (χ3v) is 12.1. The van der Waals surface area contributed by atoms with Crippen LogP contribution in [0.4, 0.5) is 39.5 Å². The van der Waals surface area contributed by atoms with Crippen LogP contribution in [0.1, 0.15) is 0 Å². The van der Waals surface area contributed by atoms with E-state index >= 15 is 0 Å². The Kier molecular flexibility index (Phi) is 8.95. The van der Waals surface area contributed by atoms with Crippen molar-refractivity contribution in [3.05, 3.63) is 115 Å². The predicted molar refractivity (Wildman–Crippen MR) is 143 cm³/mol. The van der Waals surface area contributed by atoms with Crippen LogP contribution in [-0.2, 0) is 13.7 Å². The number of halogens is 9. The van der Waals surface area contributed by atoms with Crippen molar-refractivity contribution >= 4 is 32.2 Å². The molecule has 0 radical (unpaired) electrons. The van der Waals surface area contributed by atoms with Gasteiger partial charge < -0.3 is 0 Å². The van der Waals surface area contributed by atoms with Crippen LogP contribution in [0.25, 0.3) is 0 Å². The summed E-state index contributed by atoms with van der Waals surface area (Å²) in [6.07, 6.45) is -7.22. The normalized spacial score (nSPS) is 14.0. The Balaban J connectivity index is 1.93. The molecule has 0 saturated heterocycles. The van der Waals surface area contributed by atoms with Gasteiger partial charge in [0.2, 0.25) is 0 Å². The standard InChI is InChI=1S/C28H19F9O3S3/c29-25(30,27(33,34)35)26(31,32)28(36,37)43(38,39)40-42(22-12-6-2-7-13-22,23-14-8-3-9-15-23)24-18-16-21(17-19-24)41-20-10-4-1-5-11-20/h1-19H. The Morgan fingerprint density at radius 2 is 0.860 bits per heavy atom. The summed E-state index contributed by atoms with van der Waals surface area (Å²) in [5, 5.41) is -7.04. The van der Waals surface area contributed by atoms with Crippen LogP contribution in [-0.4, -0.2) is 31.7 Å². The molecule has 0 amide bonds. The van der Waals surface area contributed by atoms with E-state index in [0.717, 1.165) is 4.90 Å². The van der Waals surface area contributed by atoms with Crippen LogP contribution in [0.3, 0.4) is 0 Å². The Labute approximate surface area is 246 Å². The number of rotatable bonds is 10. The molecular formula is C28H19F9O3S3. The molecule has 0 atom stereocenters. The second-order valence-corrected chi connectivity index (χ2v) is 14.4. The average Bonchev–Trinajstić information content (AvgIpc) is 2.97. The quantitative estimate of drug-likeness (QED) is 0.158. The Morgan fingerprint density at radius 1 is 0.488 bits per heavy atom. The lowest BCUT2D eigenvalue weighted by Crippen LogP contribution is -2.63. The van der Waals surface area contributed by atoms with Crippen LogP contribution >= 0.6 is 22.1 Å². The molecule has 0 spiro atoms.